The Balaban J connectivity index is 1.49. The minimum absolute atomic E-state index is 0.0985. The molecular weight excluding hydrogens is 515 g/mol. The molecule has 3 aromatic carbocycles. The minimum atomic E-state index is -0.925. The van der Waals surface area contributed by atoms with E-state index in [1.54, 1.807) is 12.1 Å². The Morgan fingerprint density at radius 1 is 0.974 bits per heavy atom. The molecule has 0 aliphatic heterocycles. The van der Waals surface area contributed by atoms with Gasteiger partial charge in [-0.15, -0.1) is 16.4 Å². The van der Waals surface area contributed by atoms with Crippen molar-refractivity contribution in [2.24, 2.45) is 0 Å². The van der Waals surface area contributed by atoms with E-state index in [0.29, 0.717) is 27.2 Å². The molecular formula is C29H27FN6O2S. The first-order chi connectivity index (χ1) is 18.9. The van der Waals surface area contributed by atoms with Crippen LogP contribution in [-0.4, -0.2) is 45.8 Å². The van der Waals surface area contributed by atoms with Crippen molar-refractivity contribution in [3.8, 4) is 0 Å². The Kier molecular flexibility index (Phi) is 7.64. The zero-order valence-electron chi connectivity index (χ0n) is 21.5. The number of carbonyl (C=O) groups excluding carboxylic acids is 2. The summed E-state index contributed by atoms with van der Waals surface area (Å²) in [6.45, 7) is -0.0182. The van der Waals surface area contributed by atoms with Crippen LogP contribution in [0.4, 0.5) is 15.8 Å². The molecule has 2 amide bonds. The molecule has 0 fully saturated rings. The summed E-state index contributed by atoms with van der Waals surface area (Å²) in [5.74, 6) is -1.06. The van der Waals surface area contributed by atoms with Crippen LogP contribution in [0.25, 0.3) is 11.0 Å². The highest BCUT2D eigenvalue weighted by atomic mass is 32.1. The van der Waals surface area contributed by atoms with Gasteiger partial charge < -0.3 is 15.1 Å². The monoisotopic (exact) mass is 542 g/mol. The zero-order chi connectivity index (χ0) is 27.4. The number of fused-ring (bicyclic) bond motifs is 1. The van der Waals surface area contributed by atoms with Gasteiger partial charge in [-0.3, -0.25) is 9.59 Å². The Bertz CT molecular complexity index is 1570. The molecule has 1 N–H and O–H groups in total. The quantitative estimate of drug-likeness (QED) is 0.280. The fraction of sp³-hybridized carbons (Fsp3) is 0.172. The number of carbonyl (C=O) groups is 2. The second-order valence-corrected chi connectivity index (χ2v) is 10.2. The van der Waals surface area contributed by atoms with Crippen molar-refractivity contribution >= 4 is 45.6 Å². The van der Waals surface area contributed by atoms with Gasteiger partial charge in [0.1, 0.15) is 23.9 Å². The lowest BCUT2D eigenvalue weighted by atomic mass is 10.1. The number of benzene rings is 3. The van der Waals surface area contributed by atoms with Gasteiger partial charge in [0, 0.05) is 36.9 Å². The molecule has 198 valence electrons. The van der Waals surface area contributed by atoms with Crippen LogP contribution < -0.4 is 10.2 Å². The van der Waals surface area contributed by atoms with Gasteiger partial charge in [-0.25, -0.2) is 9.07 Å². The third-order valence-electron chi connectivity index (χ3n) is 6.32. The third-order valence-corrected chi connectivity index (χ3v) is 7.24. The van der Waals surface area contributed by atoms with Gasteiger partial charge in [0.25, 0.3) is 5.91 Å². The summed E-state index contributed by atoms with van der Waals surface area (Å²) in [6, 6.07) is 23.5. The van der Waals surface area contributed by atoms with E-state index < -0.39 is 6.04 Å². The highest BCUT2D eigenvalue weighted by Crippen LogP contribution is 2.30. The first-order valence-electron chi connectivity index (χ1n) is 12.3. The van der Waals surface area contributed by atoms with Crippen LogP contribution in [-0.2, 0) is 22.7 Å². The van der Waals surface area contributed by atoms with Crippen molar-refractivity contribution in [1.82, 2.24) is 19.9 Å². The van der Waals surface area contributed by atoms with E-state index in [0.717, 1.165) is 5.69 Å². The SMILES string of the molecule is CN(C)c1ccc(NC(=O)C(c2cccs2)N(Cc2ccc(F)cc2)C(=O)Cn2nnc3ccccc32)cc1. The van der Waals surface area contributed by atoms with Crippen LogP contribution in [0.15, 0.2) is 90.3 Å². The van der Waals surface area contributed by atoms with Gasteiger partial charge in [0.05, 0.1) is 5.52 Å². The first-order valence-corrected chi connectivity index (χ1v) is 13.2. The molecule has 39 heavy (non-hydrogen) atoms. The number of aromatic nitrogens is 3. The van der Waals surface area contributed by atoms with Crippen LogP contribution in [0.5, 0.6) is 0 Å². The van der Waals surface area contributed by atoms with Gasteiger partial charge in [-0.1, -0.05) is 35.5 Å². The number of nitrogens with zero attached hydrogens (tertiary/aromatic N) is 5. The van der Waals surface area contributed by atoms with E-state index in [1.807, 2.05) is 85.0 Å². The molecule has 0 aliphatic carbocycles. The summed E-state index contributed by atoms with van der Waals surface area (Å²) in [6.07, 6.45) is 0. The predicted molar refractivity (Wildman–Crippen MR) is 151 cm³/mol. The molecule has 5 aromatic rings. The van der Waals surface area contributed by atoms with Crippen LogP contribution in [0.3, 0.4) is 0 Å². The van der Waals surface area contributed by atoms with Gasteiger partial charge in [-0.2, -0.15) is 0 Å². The molecule has 0 bridgehead atoms. The van der Waals surface area contributed by atoms with Crippen molar-refractivity contribution < 1.29 is 14.0 Å². The van der Waals surface area contributed by atoms with E-state index in [9.17, 15) is 14.0 Å². The fourth-order valence-electron chi connectivity index (χ4n) is 4.29. The Labute approximate surface area is 229 Å². The number of nitrogens with one attached hydrogen (secondary N) is 1. The van der Waals surface area contributed by atoms with Crippen LogP contribution in [0.1, 0.15) is 16.5 Å². The van der Waals surface area contributed by atoms with Gasteiger partial charge >= 0.3 is 0 Å². The molecule has 0 saturated heterocycles. The van der Waals surface area contributed by atoms with Crippen molar-refractivity contribution in [3.05, 3.63) is 107 Å². The Morgan fingerprint density at radius 2 is 1.72 bits per heavy atom. The predicted octanol–water partition coefficient (Wildman–Crippen LogP) is 5.11. The summed E-state index contributed by atoms with van der Waals surface area (Å²) >= 11 is 1.39. The largest absolute Gasteiger partial charge is 0.378 e. The molecule has 2 heterocycles. The van der Waals surface area contributed by atoms with Gasteiger partial charge in [0.2, 0.25) is 5.91 Å². The molecule has 0 saturated carbocycles. The molecule has 0 radical (unpaired) electrons. The smallest absolute Gasteiger partial charge is 0.252 e. The van der Waals surface area contributed by atoms with Gasteiger partial charge in [-0.05, 0) is 65.5 Å². The molecule has 1 unspecified atom stereocenters. The van der Waals surface area contributed by atoms with E-state index in [4.69, 9.17) is 0 Å². The number of para-hydroxylation sites is 1. The Hall–Kier alpha value is -4.57. The zero-order valence-corrected chi connectivity index (χ0v) is 22.3. The summed E-state index contributed by atoms with van der Waals surface area (Å²) in [7, 11) is 3.88. The van der Waals surface area contributed by atoms with Crippen molar-refractivity contribution in [3.63, 3.8) is 0 Å². The second kappa shape index (κ2) is 11.4. The first kappa shape index (κ1) is 26.1. The van der Waals surface area contributed by atoms with E-state index >= 15 is 0 Å². The minimum Gasteiger partial charge on any atom is -0.378 e. The van der Waals surface area contributed by atoms with Gasteiger partial charge in [0.15, 0.2) is 0 Å². The van der Waals surface area contributed by atoms with Crippen LogP contribution in [0.2, 0.25) is 0 Å². The third kappa shape index (κ3) is 5.96. The lowest BCUT2D eigenvalue weighted by molar-refractivity contribution is -0.140. The average Bonchev–Trinajstić information content (AvgIpc) is 3.60. The Morgan fingerprint density at radius 3 is 2.41 bits per heavy atom. The lowest BCUT2D eigenvalue weighted by Gasteiger charge is -2.31. The summed E-state index contributed by atoms with van der Waals surface area (Å²) in [4.78, 5) is 31.9. The molecule has 8 nitrogen and oxygen atoms in total. The maximum atomic E-state index is 13.9. The standard InChI is InChI=1S/C29H27FN6O2S/c1-34(2)23-15-13-22(14-16-23)31-29(38)28(26-8-5-17-39-26)35(18-20-9-11-21(30)12-10-20)27(37)19-36-25-7-4-3-6-24(25)32-33-36/h3-17,28H,18-19H2,1-2H3,(H,31,38). The summed E-state index contributed by atoms with van der Waals surface area (Å²) < 4.78 is 15.2. The normalized spacial score (nSPS) is 11.8. The molecule has 2 aromatic heterocycles. The summed E-state index contributed by atoms with van der Waals surface area (Å²) in [5, 5.41) is 13.2. The topological polar surface area (TPSA) is 83.4 Å². The molecule has 10 heteroatoms. The van der Waals surface area contributed by atoms with Crippen molar-refractivity contribution in [1.29, 1.82) is 0 Å². The molecule has 0 spiro atoms. The fourth-order valence-corrected chi connectivity index (χ4v) is 5.12. The molecule has 0 aliphatic rings. The van der Waals surface area contributed by atoms with Crippen molar-refractivity contribution in [2.45, 2.75) is 19.1 Å². The van der Waals surface area contributed by atoms with E-state index in [-0.39, 0.29) is 30.7 Å². The molecule has 1 atom stereocenters. The van der Waals surface area contributed by atoms with Crippen LogP contribution in [0, 0.1) is 5.82 Å². The van der Waals surface area contributed by atoms with E-state index in [1.165, 1.54) is 33.1 Å². The number of hydrogen-bond donors (Lipinski definition) is 1. The highest BCUT2D eigenvalue weighted by molar-refractivity contribution is 7.10. The van der Waals surface area contributed by atoms with Crippen LogP contribution >= 0.6 is 11.3 Å². The summed E-state index contributed by atoms with van der Waals surface area (Å²) in [5.41, 5.74) is 3.69. The average molecular weight is 543 g/mol. The number of thiophene rings is 1. The number of amides is 2. The second-order valence-electron chi connectivity index (χ2n) is 9.23. The number of rotatable bonds is 9. The number of hydrogen-bond acceptors (Lipinski definition) is 6. The molecule has 5 rings (SSSR count). The highest BCUT2D eigenvalue weighted by Gasteiger charge is 2.33. The maximum Gasteiger partial charge on any atom is 0.252 e. The lowest BCUT2D eigenvalue weighted by Crippen LogP contribution is -2.42. The van der Waals surface area contributed by atoms with E-state index in [2.05, 4.69) is 15.6 Å². The van der Waals surface area contributed by atoms with Crippen molar-refractivity contribution in [2.75, 3.05) is 24.3 Å². The number of anilines is 2. The number of halogens is 1. The maximum absolute atomic E-state index is 13.9.